The third kappa shape index (κ3) is 8.02. The fourth-order valence-electron chi connectivity index (χ4n) is 11.0. The molecule has 1 aromatic carbocycles. The van der Waals surface area contributed by atoms with Crippen molar-refractivity contribution in [1.29, 1.82) is 0 Å². The fraction of sp³-hybridized carbons (Fsp3) is 0.705. The molecule has 1 aromatic heterocycles. The van der Waals surface area contributed by atoms with Gasteiger partial charge >= 0.3 is 5.97 Å². The Kier molecular flexibility index (Phi) is 11.1. The number of carbonyl (C=O) groups excluding carboxylic acids is 4. The Morgan fingerprint density at radius 1 is 0.965 bits per heavy atom. The highest BCUT2D eigenvalue weighted by molar-refractivity contribution is 7.90. The number of H-pyrrole nitrogens is 1. The molecule has 13 heteroatoms. The topological polar surface area (TPSA) is 169 Å². The number of amides is 2. The van der Waals surface area contributed by atoms with Crippen molar-refractivity contribution < 1.29 is 37.1 Å². The van der Waals surface area contributed by atoms with Crippen LogP contribution in [0.2, 0.25) is 0 Å². The summed E-state index contributed by atoms with van der Waals surface area (Å²) in [6.07, 6.45) is 11.4. The Bertz CT molecular complexity index is 2070. The van der Waals surface area contributed by atoms with Crippen molar-refractivity contribution in [1.82, 2.24) is 14.6 Å². The largest absolute Gasteiger partial charge is 0.473 e. The number of ketones is 1. The lowest BCUT2D eigenvalue weighted by molar-refractivity contribution is -0.166. The van der Waals surface area contributed by atoms with Crippen molar-refractivity contribution >= 4 is 44.5 Å². The van der Waals surface area contributed by atoms with E-state index in [1.165, 1.54) is 0 Å². The fourth-order valence-corrected chi connectivity index (χ4v) is 12.3. The van der Waals surface area contributed by atoms with Gasteiger partial charge in [-0.05, 0) is 107 Å². The number of hydrogen-bond acceptors (Lipinski definition) is 9. The van der Waals surface area contributed by atoms with Crippen LogP contribution in [0.15, 0.2) is 29.1 Å². The van der Waals surface area contributed by atoms with Gasteiger partial charge in [0.15, 0.2) is 17.1 Å². The molecule has 2 aromatic rings. The van der Waals surface area contributed by atoms with E-state index in [2.05, 4.69) is 9.71 Å². The summed E-state index contributed by atoms with van der Waals surface area (Å²) < 4.78 is 41.1. The summed E-state index contributed by atoms with van der Waals surface area (Å²) in [5, 5.41) is -0.0107. The number of para-hydroxylation sites is 1. The van der Waals surface area contributed by atoms with Crippen molar-refractivity contribution in [3.8, 4) is 5.88 Å². The number of aromatic nitrogens is 1. The maximum Gasteiger partial charge on any atom is 0.307 e. The van der Waals surface area contributed by atoms with Gasteiger partial charge in [0.2, 0.25) is 21.8 Å². The molecule has 8 rings (SSSR count). The van der Waals surface area contributed by atoms with Crippen molar-refractivity contribution in [3.05, 3.63) is 40.1 Å². The molecule has 4 saturated carbocycles. The Morgan fingerprint density at radius 3 is 2.44 bits per heavy atom. The van der Waals surface area contributed by atoms with Crippen LogP contribution in [-0.4, -0.2) is 71.4 Å². The van der Waals surface area contributed by atoms with E-state index in [0.717, 1.165) is 70.6 Å². The molecule has 1 saturated heterocycles. The standard InChI is InChI=1S/C44H59N3O9S/c1-3-28-24-44(28,42(52)46-57(53,54)31-19-20-31)25-37(48)36-22-30-26-47(36)41(51)34(27-12-7-8-13-27)23-38(49)56-43(2)21-11-15-29(43)14-5-4-6-17-33-39(50)32-16-9-10-18-35(32)45-40(33)55-30/h9-10,16,18,27-31,34,36H,3-8,11-15,17,19-26H2,1-2H3,(H,45,50)(H,46,52)/t28-,29+,30-,34+,36+,43+,44-/m1/s1. The summed E-state index contributed by atoms with van der Waals surface area (Å²) in [4.78, 5) is 76.3. The van der Waals surface area contributed by atoms with Crippen LogP contribution < -0.4 is 14.9 Å². The first-order chi connectivity index (χ1) is 27.3. The first-order valence-corrected chi connectivity index (χ1v) is 23.3. The van der Waals surface area contributed by atoms with E-state index >= 15 is 4.79 Å². The van der Waals surface area contributed by atoms with E-state index in [0.29, 0.717) is 54.5 Å². The van der Waals surface area contributed by atoms with E-state index in [1.807, 2.05) is 32.0 Å². The number of Topliss-reactive ketones (excluding diaryl/α,β-unsaturated/α-hetero) is 1. The second kappa shape index (κ2) is 15.8. The van der Waals surface area contributed by atoms with E-state index < -0.39 is 50.3 Å². The van der Waals surface area contributed by atoms with Crippen LogP contribution in [0.5, 0.6) is 5.88 Å². The molecule has 0 radical (unpaired) electrons. The van der Waals surface area contributed by atoms with Crippen molar-refractivity contribution in [3.63, 3.8) is 0 Å². The number of rotatable bonds is 8. The molecule has 0 unspecified atom stereocenters. The van der Waals surface area contributed by atoms with Crippen molar-refractivity contribution in [2.45, 2.75) is 159 Å². The molecule has 3 heterocycles. The number of aromatic amines is 1. The quantitative estimate of drug-likeness (QED) is 0.292. The SMILES string of the molecule is CC[C@@H]1C[C@]1(CC(=O)[C@@H]1C[C@@H]2CN1C(=O)[C@H](C1CCCC1)CC(=O)O[C@@]1(C)CCC[C@@H]1CCCCCc1c([nH]c3ccccc3c1=O)O2)C(=O)NS(=O)(=O)C1CC1. The second-order valence-corrected chi connectivity index (χ2v) is 20.4. The molecule has 5 fully saturated rings. The van der Waals surface area contributed by atoms with Crippen LogP contribution in [0, 0.1) is 29.1 Å². The Hall–Kier alpha value is -3.74. The van der Waals surface area contributed by atoms with Crippen LogP contribution >= 0.6 is 0 Å². The Balaban J connectivity index is 1.14. The lowest BCUT2D eigenvalue weighted by Gasteiger charge is -2.34. The molecular formula is C44H59N3O9S. The Morgan fingerprint density at radius 2 is 1.70 bits per heavy atom. The minimum atomic E-state index is -3.83. The lowest BCUT2D eigenvalue weighted by Crippen LogP contribution is -2.48. The number of nitrogens with one attached hydrogen (secondary N) is 2. The summed E-state index contributed by atoms with van der Waals surface area (Å²) in [6.45, 7) is 4.03. The van der Waals surface area contributed by atoms with Gasteiger partial charge in [0.1, 0.15) is 11.7 Å². The van der Waals surface area contributed by atoms with E-state index in [1.54, 1.807) is 11.0 Å². The average Bonchev–Trinajstić information content (AvgIpc) is 3.99. The number of esters is 1. The highest BCUT2D eigenvalue weighted by atomic mass is 32.2. The third-order valence-corrected chi connectivity index (χ3v) is 16.4. The molecule has 310 valence electrons. The molecule has 4 aliphatic carbocycles. The molecule has 6 aliphatic rings. The number of fused-ring (bicyclic) bond motifs is 5. The summed E-state index contributed by atoms with van der Waals surface area (Å²) in [5.74, 6) is -1.96. The summed E-state index contributed by atoms with van der Waals surface area (Å²) in [7, 11) is -3.83. The number of benzene rings is 1. The lowest BCUT2D eigenvalue weighted by atomic mass is 9.85. The maximum atomic E-state index is 15.0. The number of ether oxygens (including phenoxy) is 2. The zero-order chi connectivity index (χ0) is 40.1. The first kappa shape index (κ1) is 40.1. The minimum absolute atomic E-state index is 0.0420. The zero-order valence-electron chi connectivity index (χ0n) is 33.5. The normalized spacial score (nSPS) is 32.8. The van der Waals surface area contributed by atoms with Gasteiger partial charge in [-0.3, -0.25) is 28.7 Å². The van der Waals surface area contributed by atoms with E-state index in [9.17, 15) is 27.6 Å². The maximum absolute atomic E-state index is 15.0. The Labute approximate surface area is 335 Å². The van der Waals surface area contributed by atoms with Crippen LogP contribution in [0.4, 0.5) is 0 Å². The highest BCUT2D eigenvalue weighted by Crippen LogP contribution is 2.58. The van der Waals surface area contributed by atoms with Crippen LogP contribution in [0.1, 0.15) is 135 Å². The van der Waals surface area contributed by atoms with Crippen LogP contribution in [0.25, 0.3) is 10.9 Å². The smallest absolute Gasteiger partial charge is 0.307 e. The number of hydrogen-bond donors (Lipinski definition) is 2. The van der Waals surface area contributed by atoms with Gasteiger partial charge in [0.25, 0.3) is 0 Å². The average molecular weight is 806 g/mol. The van der Waals surface area contributed by atoms with E-state index in [-0.39, 0.29) is 66.6 Å². The van der Waals surface area contributed by atoms with Gasteiger partial charge in [0.05, 0.1) is 46.7 Å². The van der Waals surface area contributed by atoms with Gasteiger partial charge < -0.3 is 19.4 Å². The third-order valence-electron chi connectivity index (χ3n) is 14.6. The molecule has 57 heavy (non-hydrogen) atoms. The predicted molar refractivity (Wildman–Crippen MR) is 214 cm³/mol. The van der Waals surface area contributed by atoms with Gasteiger partial charge in [-0.25, -0.2) is 8.42 Å². The zero-order valence-corrected chi connectivity index (χ0v) is 34.3. The number of carbonyl (C=O) groups is 4. The van der Waals surface area contributed by atoms with Crippen molar-refractivity contribution in [2.75, 3.05) is 6.54 Å². The molecule has 2 N–H and O–H groups in total. The molecule has 12 nitrogen and oxygen atoms in total. The monoisotopic (exact) mass is 805 g/mol. The molecule has 2 bridgehead atoms. The number of pyridine rings is 1. The predicted octanol–water partition coefficient (Wildman–Crippen LogP) is 6.28. The minimum Gasteiger partial charge on any atom is -0.473 e. The first-order valence-electron chi connectivity index (χ1n) is 21.7. The van der Waals surface area contributed by atoms with Gasteiger partial charge in [0, 0.05) is 18.2 Å². The number of nitrogens with zero attached hydrogens (tertiary/aromatic N) is 1. The molecule has 0 spiro atoms. The molecule has 7 atom stereocenters. The van der Waals surface area contributed by atoms with Crippen LogP contribution in [-0.2, 0) is 40.4 Å². The molecule has 2 amide bonds. The summed E-state index contributed by atoms with van der Waals surface area (Å²) in [6, 6.07) is 6.37. The molecular weight excluding hydrogens is 747 g/mol. The summed E-state index contributed by atoms with van der Waals surface area (Å²) >= 11 is 0. The van der Waals surface area contributed by atoms with Gasteiger partial charge in [-0.15, -0.1) is 0 Å². The van der Waals surface area contributed by atoms with Gasteiger partial charge in [-0.1, -0.05) is 51.2 Å². The van der Waals surface area contributed by atoms with Crippen LogP contribution in [0.3, 0.4) is 0 Å². The second-order valence-electron chi connectivity index (χ2n) is 18.4. The van der Waals surface area contributed by atoms with E-state index in [4.69, 9.17) is 9.47 Å². The van der Waals surface area contributed by atoms with Gasteiger partial charge in [-0.2, -0.15) is 0 Å². The number of sulfonamides is 1. The molecule has 2 aliphatic heterocycles. The summed E-state index contributed by atoms with van der Waals surface area (Å²) in [5.41, 5.74) is -0.705. The van der Waals surface area contributed by atoms with Crippen molar-refractivity contribution in [2.24, 2.45) is 29.1 Å². The highest BCUT2D eigenvalue weighted by Gasteiger charge is 2.62.